The van der Waals surface area contributed by atoms with Crippen LogP contribution < -0.4 is 14.8 Å². The van der Waals surface area contributed by atoms with Crippen LogP contribution in [0.25, 0.3) is 0 Å². The maximum Gasteiger partial charge on any atom is 0.333 e. The van der Waals surface area contributed by atoms with Crippen LogP contribution in [-0.2, 0) is 31.0 Å². The number of carboxylic acids is 1. The van der Waals surface area contributed by atoms with E-state index < -0.39 is 53.5 Å². The maximum atomic E-state index is 12.9. The van der Waals surface area contributed by atoms with E-state index in [-0.39, 0.29) is 18.2 Å². The molecule has 1 amide bonds. The Bertz CT molecular complexity index is 1170. The first-order valence-electron chi connectivity index (χ1n) is 11.9. The molecule has 5 rings (SSSR count). The number of likely N-dealkylation sites (tertiary alicyclic amines) is 1. The predicted octanol–water partition coefficient (Wildman–Crippen LogP) is -0.144. The lowest BCUT2D eigenvalue weighted by Gasteiger charge is -2.61. The van der Waals surface area contributed by atoms with Crippen LogP contribution in [0.4, 0.5) is 0 Å². The van der Waals surface area contributed by atoms with Crippen LogP contribution in [0.3, 0.4) is 0 Å². The van der Waals surface area contributed by atoms with Crippen molar-refractivity contribution < 1.29 is 43.9 Å². The Balaban J connectivity index is 1.44. The third kappa shape index (κ3) is 3.33. The molecule has 36 heavy (non-hydrogen) atoms. The van der Waals surface area contributed by atoms with Gasteiger partial charge in [0.05, 0.1) is 24.5 Å². The lowest BCUT2D eigenvalue weighted by Crippen LogP contribution is -2.74. The number of aliphatic carboxylic acids is 1. The van der Waals surface area contributed by atoms with E-state index in [4.69, 9.17) is 19.3 Å². The minimum atomic E-state index is -1.87. The first-order valence-corrected chi connectivity index (χ1v) is 11.9. The summed E-state index contributed by atoms with van der Waals surface area (Å²) < 4.78 is 17.7. The largest absolute Gasteiger partial charge is 0.493 e. The molecule has 0 radical (unpaired) electrons. The fourth-order valence-electron chi connectivity index (χ4n) is 6.41. The second-order valence-corrected chi connectivity index (χ2v) is 10.1. The molecule has 2 heterocycles. The Labute approximate surface area is 207 Å². The van der Waals surface area contributed by atoms with Crippen molar-refractivity contribution in [2.45, 2.75) is 67.9 Å². The zero-order chi connectivity index (χ0) is 26.0. The van der Waals surface area contributed by atoms with Crippen molar-refractivity contribution in [1.29, 1.82) is 0 Å². The number of likely N-dealkylation sites (N-methyl/N-ethyl adjacent to an activating group) is 1. The van der Waals surface area contributed by atoms with E-state index in [1.165, 1.54) is 6.92 Å². The van der Waals surface area contributed by atoms with Gasteiger partial charge in [0, 0.05) is 18.0 Å². The molecule has 4 aliphatic rings. The van der Waals surface area contributed by atoms with Gasteiger partial charge in [-0.05, 0) is 51.1 Å². The molecule has 1 aromatic rings. The summed E-state index contributed by atoms with van der Waals surface area (Å²) in [7, 11) is 3.55. The van der Waals surface area contributed by atoms with E-state index in [0.717, 1.165) is 17.7 Å². The summed E-state index contributed by atoms with van der Waals surface area (Å²) in [4.78, 5) is 37.9. The van der Waals surface area contributed by atoms with Gasteiger partial charge in [-0.25, -0.2) is 9.59 Å². The third-order valence-electron chi connectivity index (χ3n) is 8.17. The number of rotatable bonds is 7. The van der Waals surface area contributed by atoms with Gasteiger partial charge in [0.25, 0.3) is 0 Å². The number of methoxy groups -OCH3 is 1. The molecule has 4 N–H and O–H groups in total. The van der Waals surface area contributed by atoms with Crippen LogP contribution in [-0.4, -0.2) is 88.7 Å². The average molecular weight is 503 g/mol. The van der Waals surface area contributed by atoms with E-state index in [9.17, 15) is 24.6 Å². The summed E-state index contributed by atoms with van der Waals surface area (Å²) in [6.45, 7) is 2.13. The van der Waals surface area contributed by atoms with Gasteiger partial charge in [0.1, 0.15) is 11.8 Å². The summed E-state index contributed by atoms with van der Waals surface area (Å²) in [5.74, 6) is -1.76. The molecule has 2 bridgehead atoms. The van der Waals surface area contributed by atoms with E-state index in [1.54, 1.807) is 13.2 Å². The van der Waals surface area contributed by atoms with Crippen molar-refractivity contribution in [2.24, 2.45) is 0 Å². The number of benzene rings is 1. The number of ether oxygens (including phenoxy) is 3. The maximum absolute atomic E-state index is 12.9. The molecule has 0 unspecified atom stereocenters. The Morgan fingerprint density at radius 3 is 2.78 bits per heavy atom. The number of nitrogens with one attached hydrogen (secondary N) is 1. The van der Waals surface area contributed by atoms with Gasteiger partial charge in [0.2, 0.25) is 5.91 Å². The highest BCUT2D eigenvalue weighted by atomic mass is 16.6. The molecule has 2 aliphatic heterocycles. The number of hydrogen-bond donors (Lipinski definition) is 4. The molecule has 194 valence electrons. The molecule has 11 nitrogen and oxygen atoms in total. The molecule has 6 atom stereocenters. The fourth-order valence-corrected chi connectivity index (χ4v) is 6.41. The minimum absolute atomic E-state index is 0.142. The number of carbonyl (C=O) groups is 3. The normalized spacial score (nSPS) is 31.3. The van der Waals surface area contributed by atoms with Gasteiger partial charge in [-0.3, -0.25) is 4.79 Å². The van der Waals surface area contributed by atoms with Crippen LogP contribution >= 0.6 is 0 Å². The topological polar surface area (TPSA) is 155 Å². The van der Waals surface area contributed by atoms with Crippen LogP contribution in [0.1, 0.15) is 37.3 Å². The SMILES string of the molecule is COc1ccc2c3c1O[C@H]1C(OC(=O)[C@H](C)NC(=O)C[C@H](O)C(=O)O)=CC[C@@]4(O)[C@H](C2)N(C)CC[C@]314. The highest BCUT2D eigenvalue weighted by molar-refractivity contribution is 5.87. The van der Waals surface area contributed by atoms with Gasteiger partial charge in [0.15, 0.2) is 23.7 Å². The van der Waals surface area contributed by atoms with Gasteiger partial charge >= 0.3 is 11.9 Å². The first-order chi connectivity index (χ1) is 17.0. The Kier molecular flexibility index (Phi) is 5.77. The molecule has 1 saturated heterocycles. The molecular weight excluding hydrogens is 472 g/mol. The van der Waals surface area contributed by atoms with Crippen molar-refractivity contribution in [3.8, 4) is 11.5 Å². The van der Waals surface area contributed by atoms with Gasteiger partial charge in [-0.1, -0.05) is 6.07 Å². The molecule has 1 spiro atoms. The second-order valence-electron chi connectivity index (χ2n) is 10.1. The van der Waals surface area contributed by atoms with Crippen molar-refractivity contribution in [3.63, 3.8) is 0 Å². The molecular formula is C25H30N2O9. The summed E-state index contributed by atoms with van der Waals surface area (Å²) in [6.07, 6.45) is -0.147. The number of esters is 1. The van der Waals surface area contributed by atoms with E-state index in [0.29, 0.717) is 24.3 Å². The van der Waals surface area contributed by atoms with Crippen LogP contribution in [0.15, 0.2) is 24.0 Å². The van der Waals surface area contributed by atoms with Crippen molar-refractivity contribution in [2.75, 3.05) is 20.7 Å². The van der Waals surface area contributed by atoms with Crippen molar-refractivity contribution in [3.05, 3.63) is 35.1 Å². The van der Waals surface area contributed by atoms with Crippen molar-refractivity contribution >= 4 is 17.8 Å². The second kappa shape index (κ2) is 8.46. The summed E-state index contributed by atoms with van der Waals surface area (Å²) >= 11 is 0. The molecule has 0 saturated carbocycles. The fraction of sp³-hybridized carbons (Fsp3) is 0.560. The van der Waals surface area contributed by atoms with E-state index in [2.05, 4.69) is 10.2 Å². The zero-order valence-corrected chi connectivity index (χ0v) is 20.3. The van der Waals surface area contributed by atoms with Crippen LogP contribution in [0, 0.1) is 0 Å². The van der Waals surface area contributed by atoms with E-state index >= 15 is 0 Å². The van der Waals surface area contributed by atoms with Crippen molar-refractivity contribution in [1.82, 2.24) is 10.2 Å². The quantitative estimate of drug-likeness (QED) is 0.370. The smallest absolute Gasteiger partial charge is 0.333 e. The van der Waals surface area contributed by atoms with Crippen LogP contribution in [0.5, 0.6) is 11.5 Å². The summed E-state index contributed by atoms with van der Waals surface area (Å²) in [5, 5.41) is 32.7. The Hall–Kier alpha value is -3.15. The van der Waals surface area contributed by atoms with Gasteiger partial charge in [-0.15, -0.1) is 0 Å². The minimum Gasteiger partial charge on any atom is -0.493 e. The number of hydrogen-bond acceptors (Lipinski definition) is 9. The highest BCUT2D eigenvalue weighted by Crippen LogP contribution is 2.65. The molecule has 1 fully saturated rings. The number of piperidine rings is 1. The van der Waals surface area contributed by atoms with Crippen LogP contribution in [0.2, 0.25) is 0 Å². The number of carbonyl (C=O) groups excluding carboxylic acids is 2. The lowest BCUT2D eigenvalue weighted by atomic mass is 9.50. The third-order valence-corrected chi connectivity index (χ3v) is 8.17. The predicted molar refractivity (Wildman–Crippen MR) is 123 cm³/mol. The number of carboxylic acid groups (broad SMARTS) is 1. The molecule has 2 aliphatic carbocycles. The number of amides is 1. The lowest BCUT2D eigenvalue weighted by molar-refractivity contribution is -0.170. The molecule has 0 aromatic heterocycles. The number of aliphatic hydroxyl groups excluding tert-OH is 1. The zero-order valence-electron chi connectivity index (χ0n) is 20.3. The monoisotopic (exact) mass is 502 g/mol. The molecule has 1 aromatic carbocycles. The summed E-state index contributed by atoms with van der Waals surface area (Å²) in [6, 6.07) is 2.60. The highest BCUT2D eigenvalue weighted by Gasteiger charge is 2.72. The average Bonchev–Trinajstić information content (AvgIpc) is 3.18. The summed E-state index contributed by atoms with van der Waals surface area (Å²) in [5.41, 5.74) is 0.00583. The Morgan fingerprint density at radius 1 is 1.33 bits per heavy atom. The standard InChI is InChI=1S/C25H30N2O9/c1-12(26-18(29)11-14(28)22(30)31)23(32)35-16-6-7-25(33)17-10-13-4-5-15(34-3)20-19(13)24(25,21(16)36-20)8-9-27(17)2/h4-6,12,14,17,21,28,33H,7-11H2,1-3H3,(H,26,29)(H,30,31)/t12-,14-,17-,21-,24-,25+/m0/s1. The first kappa shape index (κ1) is 24.5. The number of aliphatic hydroxyl groups is 2. The van der Waals surface area contributed by atoms with E-state index in [1.807, 2.05) is 19.2 Å². The Morgan fingerprint density at radius 2 is 2.08 bits per heavy atom. The molecule has 11 heteroatoms. The van der Waals surface area contributed by atoms with Gasteiger partial charge < -0.3 is 39.7 Å². The number of nitrogens with zero attached hydrogens (tertiary/aromatic N) is 1. The van der Waals surface area contributed by atoms with Gasteiger partial charge in [-0.2, -0.15) is 0 Å².